The summed E-state index contributed by atoms with van der Waals surface area (Å²) in [5.74, 6) is -6.63. The molecule has 3 N–H and O–H groups in total. The number of rotatable bonds is 5. The van der Waals surface area contributed by atoms with Crippen LogP contribution in [0.1, 0.15) is 20.8 Å². The monoisotopic (exact) mass is 218 g/mol. The Kier molecular flexibility index (Phi) is 3.83. The van der Waals surface area contributed by atoms with Crippen molar-refractivity contribution in [2.45, 2.75) is 20.8 Å². The number of carboxylic acid groups (broad SMARTS) is 3. The molecule has 0 saturated carbocycles. The average molecular weight is 218 g/mol. The van der Waals surface area contributed by atoms with Crippen LogP contribution < -0.4 is 0 Å². The summed E-state index contributed by atoms with van der Waals surface area (Å²) in [5, 5.41) is 26.4. The first-order chi connectivity index (χ1) is 6.65. The molecule has 0 saturated heterocycles. The highest BCUT2D eigenvalue weighted by Crippen LogP contribution is 2.36. The van der Waals surface area contributed by atoms with Crippen LogP contribution in [0, 0.1) is 17.3 Å². The molecule has 2 atom stereocenters. The molecule has 0 spiro atoms. The molecular weight excluding hydrogens is 204 g/mol. The smallest absolute Gasteiger partial charge is 0.311 e. The molecule has 0 aromatic carbocycles. The van der Waals surface area contributed by atoms with Gasteiger partial charge in [0.2, 0.25) is 0 Å². The second-order valence-electron chi connectivity index (χ2n) is 3.71. The Bertz CT molecular complexity index is 275. The minimum Gasteiger partial charge on any atom is -0.481 e. The van der Waals surface area contributed by atoms with Crippen LogP contribution in [0.3, 0.4) is 0 Å². The van der Waals surface area contributed by atoms with Crippen LogP contribution in [0.25, 0.3) is 0 Å². The van der Waals surface area contributed by atoms with Crippen LogP contribution in [0.2, 0.25) is 0 Å². The van der Waals surface area contributed by atoms with E-state index >= 15 is 0 Å². The summed E-state index contributed by atoms with van der Waals surface area (Å²) in [5.41, 5.74) is -1.82. The molecule has 0 aromatic rings. The molecule has 0 amide bonds. The summed E-state index contributed by atoms with van der Waals surface area (Å²) in [6, 6.07) is 0. The van der Waals surface area contributed by atoms with E-state index in [1.165, 1.54) is 13.8 Å². The van der Waals surface area contributed by atoms with Crippen LogP contribution in [0.5, 0.6) is 0 Å². The second-order valence-corrected chi connectivity index (χ2v) is 3.71. The fraction of sp³-hybridized carbons (Fsp3) is 0.667. The zero-order chi connectivity index (χ0) is 12.4. The normalized spacial score (nSPS) is 18.6. The second kappa shape index (κ2) is 4.29. The van der Waals surface area contributed by atoms with Crippen LogP contribution in [0.4, 0.5) is 0 Å². The molecule has 0 aliphatic rings. The maximum atomic E-state index is 11.0. The predicted octanol–water partition coefficient (Wildman–Crippen LogP) is 0.519. The number of hydrogen-bond acceptors (Lipinski definition) is 3. The van der Waals surface area contributed by atoms with E-state index in [-0.39, 0.29) is 0 Å². The van der Waals surface area contributed by atoms with Gasteiger partial charge in [-0.25, -0.2) is 0 Å². The van der Waals surface area contributed by atoms with Crippen molar-refractivity contribution in [3.63, 3.8) is 0 Å². The van der Waals surface area contributed by atoms with Crippen molar-refractivity contribution in [1.82, 2.24) is 0 Å². The van der Waals surface area contributed by atoms with Crippen LogP contribution in [-0.2, 0) is 14.4 Å². The molecular formula is C9H14O6. The van der Waals surface area contributed by atoms with Gasteiger partial charge in [-0.1, -0.05) is 13.8 Å². The van der Waals surface area contributed by atoms with Crippen molar-refractivity contribution >= 4 is 17.9 Å². The molecule has 0 rings (SSSR count). The van der Waals surface area contributed by atoms with Gasteiger partial charge in [0.1, 0.15) is 0 Å². The summed E-state index contributed by atoms with van der Waals surface area (Å²) < 4.78 is 0. The van der Waals surface area contributed by atoms with E-state index < -0.39 is 35.2 Å². The summed E-state index contributed by atoms with van der Waals surface area (Å²) >= 11 is 0. The third-order valence-corrected chi connectivity index (χ3v) is 3.00. The van der Waals surface area contributed by atoms with E-state index in [9.17, 15) is 14.4 Å². The molecule has 0 radical (unpaired) electrons. The highest BCUT2D eigenvalue weighted by atomic mass is 16.4. The number of carboxylic acids is 3. The number of hydrogen-bond donors (Lipinski definition) is 3. The standard InChI is InChI=1S/C9H14O6/c1-4(6(10)11)9(3,8(14)15)5(2)7(12)13/h4-5H,1-3H3,(H,10,11)(H,12,13)(H,14,15). The molecule has 6 heteroatoms. The van der Waals surface area contributed by atoms with Crippen molar-refractivity contribution in [3.8, 4) is 0 Å². The maximum Gasteiger partial charge on any atom is 0.311 e. The largest absolute Gasteiger partial charge is 0.481 e. The third-order valence-electron chi connectivity index (χ3n) is 3.00. The molecule has 0 aliphatic carbocycles. The lowest BCUT2D eigenvalue weighted by Gasteiger charge is -2.32. The SMILES string of the molecule is CC(C(=O)O)C(C)(C(=O)O)C(C)C(=O)O. The minimum absolute atomic E-state index is 1.13. The summed E-state index contributed by atoms with van der Waals surface area (Å²) in [6.45, 7) is 3.51. The van der Waals surface area contributed by atoms with E-state index in [0.717, 1.165) is 6.92 Å². The van der Waals surface area contributed by atoms with Crippen molar-refractivity contribution < 1.29 is 29.7 Å². The first-order valence-electron chi connectivity index (χ1n) is 4.34. The van der Waals surface area contributed by atoms with Crippen molar-refractivity contribution in [1.29, 1.82) is 0 Å². The minimum atomic E-state index is -1.82. The van der Waals surface area contributed by atoms with E-state index in [2.05, 4.69) is 0 Å². The predicted molar refractivity (Wildman–Crippen MR) is 49.3 cm³/mol. The Hall–Kier alpha value is -1.59. The first kappa shape index (κ1) is 13.4. The van der Waals surface area contributed by atoms with Gasteiger partial charge in [0, 0.05) is 0 Å². The van der Waals surface area contributed by atoms with E-state index in [1.54, 1.807) is 0 Å². The Balaban J connectivity index is 5.33. The quantitative estimate of drug-likeness (QED) is 0.620. The highest BCUT2D eigenvalue weighted by molar-refractivity contribution is 5.88. The van der Waals surface area contributed by atoms with Crippen molar-refractivity contribution in [2.24, 2.45) is 17.3 Å². The molecule has 0 bridgehead atoms. The third kappa shape index (κ3) is 2.26. The van der Waals surface area contributed by atoms with E-state index in [4.69, 9.17) is 15.3 Å². The molecule has 2 unspecified atom stereocenters. The number of aliphatic carboxylic acids is 3. The Labute approximate surface area is 86.5 Å². The summed E-state index contributed by atoms with van der Waals surface area (Å²) in [4.78, 5) is 32.4. The molecule has 0 heterocycles. The van der Waals surface area contributed by atoms with Crippen LogP contribution in [0.15, 0.2) is 0 Å². The van der Waals surface area contributed by atoms with Crippen LogP contribution >= 0.6 is 0 Å². The molecule has 0 aromatic heterocycles. The lowest BCUT2D eigenvalue weighted by molar-refractivity contribution is -0.170. The van der Waals surface area contributed by atoms with E-state index in [0.29, 0.717) is 0 Å². The Morgan fingerprint density at radius 2 is 1.20 bits per heavy atom. The van der Waals surface area contributed by atoms with Gasteiger partial charge in [-0.3, -0.25) is 14.4 Å². The summed E-state index contributed by atoms with van der Waals surface area (Å²) in [6.07, 6.45) is 0. The van der Waals surface area contributed by atoms with Gasteiger partial charge in [0.15, 0.2) is 0 Å². The van der Waals surface area contributed by atoms with Gasteiger partial charge < -0.3 is 15.3 Å². The fourth-order valence-corrected chi connectivity index (χ4v) is 1.26. The molecule has 86 valence electrons. The van der Waals surface area contributed by atoms with Gasteiger partial charge in [-0.15, -0.1) is 0 Å². The zero-order valence-electron chi connectivity index (χ0n) is 8.72. The molecule has 15 heavy (non-hydrogen) atoms. The molecule has 0 aliphatic heterocycles. The number of carbonyl (C=O) groups is 3. The average Bonchev–Trinajstić information content (AvgIpc) is 2.13. The topological polar surface area (TPSA) is 112 Å². The van der Waals surface area contributed by atoms with Gasteiger partial charge in [-0.05, 0) is 6.92 Å². The van der Waals surface area contributed by atoms with Crippen molar-refractivity contribution in [2.75, 3.05) is 0 Å². The van der Waals surface area contributed by atoms with Gasteiger partial charge in [-0.2, -0.15) is 0 Å². The zero-order valence-corrected chi connectivity index (χ0v) is 8.72. The first-order valence-corrected chi connectivity index (χ1v) is 4.34. The lowest BCUT2D eigenvalue weighted by Crippen LogP contribution is -2.46. The molecule has 0 fully saturated rings. The summed E-state index contributed by atoms with van der Waals surface area (Å²) in [7, 11) is 0. The van der Waals surface area contributed by atoms with Crippen LogP contribution in [-0.4, -0.2) is 33.2 Å². The van der Waals surface area contributed by atoms with Crippen molar-refractivity contribution in [3.05, 3.63) is 0 Å². The van der Waals surface area contributed by atoms with Gasteiger partial charge in [0.05, 0.1) is 17.3 Å². The van der Waals surface area contributed by atoms with Gasteiger partial charge >= 0.3 is 17.9 Å². The van der Waals surface area contributed by atoms with E-state index in [1.807, 2.05) is 0 Å². The molecule has 6 nitrogen and oxygen atoms in total. The highest BCUT2D eigenvalue weighted by Gasteiger charge is 2.50. The van der Waals surface area contributed by atoms with Gasteiger partial charge in [0.25, 0.3) is 0 Å². The maximum absolute atomic E-state index is 11.0. The fourth-order valence-electron chi connectivity index (χ4n) is 1.26. The Morgan fingerprint density at radius 1 is 0.933 bits per heavy atom. The Morgan fingerprint density at radius 3 is 1.33 bits per heavy atom. The lowest BCUT2D eigenvalue weighted by atomic mass is 9.69.